The minimum atomic E-state index is 0.415. The number of hydrogen-bond acceptors (Lipinski definition) is 3. The Morgan fingerprint density at radius 2 is 1.80 bits per heavy atom. The summed E-state index contributed by atoms with van der Waals surface area (Å²) < 4.78 is 5.32. The lowest BCUT2D eigenvalue weighted by molar-refractivity contribution is 0.414. The summed E-state index contributed by atoms with van der Waals surface area (Å²) in [7, 11) is 1.66. The highest BCUT2D eigenvalue weighted by Gasteiger charge is 2.21. The molecule has 2 aromatic carbocycles. The fourth-order valence-electron chi connectivity index (χ4n) is 2.61. The fourth-order valence-corrected chi connectivity index (χ4v) is 2.78. The van der Waals surface area contributed by atoms with Gasteiger partial charge in [-0.2, -0.15) is 0 Å². The molecule has 3 rings (SSSR count). The SMILES string of the molecule is COc1ccc(C(N)=S)c(N2Cc3ccccc3C2)c1. The predicted molar refractivity (Wildman–Crippen MR) is 85.2 cm³/mol. The second-order valence-electron chi connectivity index (χ2n) is 4.87. The maximum absolute atomic E-state index is 5.84. The molecule has 20 heavy (non-hydrogen) atoms. The summed E-state index contributed by atoms with van der Waals surface area (Å²) in [6, 6.07) is 14.3. The van der Waals surface area contributed by atoms with Gasteiger partial charge in [0.05, 0.1) is 12.8 Å². The Hall–Kier alpha value is -2.07. The van der Waals surface area contributed by atoms with E-state index in [9.17, 15) is 0 Å². The normalized spacial score (nSPS) is 13.2. The topological polar surface area (TPSA) is 38.5 Å². The molecule has 4 heteroatoms. The van der Waals surface area contributed by atoms with Crippen molar-refractivity contribution in [1.29, 1.82) is 0 Å². The highest BCUT2D eigenvalue weighted by Crippen LogP contribution is 2.33. The zero-order chi connectivity index (χ0) is 14.1. The van der Waals surface area contributed by atoms with Gasteiger partial charge in [-0.25, -0.2) is 0 Å². The third-order valence-corrected chi connectivity index (χ3v) is 3.87. The van der Waals surface area contributed by atoms with Crippen LogP contribution in [0.3, 0.4) is 0 Å². The Morgan fingerprint density at radius 3 is 2.35 bits per heavy atom. The van der Waals surface area contributed by atoms with Crippen LogP contribution in [0.1, 0.15) is 16.7 Å². The van der Waals surface area contributed by atoms with Crippen molar-refractivity contribution in [3.05, 3.63) is 59.2 Å². The lowest BCUT2D eigenvalue weighted by Crippen LogP contribution is -2.20. The Bertz CT molecular complexity index is 644. The summed E-state index contributed by atoms with van der Waals surface area (Å²) in [6.07, 6.45) is 0. The lowest BCUT2D eigenvalue weighted by Gasteiger charge is -2.21. The number of thiocarbonyl (C=S) groups is 1. The van der Waals surface area contributed by atoms with Gasteiger partial charge in [-0.3, -0.25) is 0 Å². The second kappa shape index (κ2) is 5.13. The standard InChI is InChI=1S/C16H16N2OS/c1-19-13-6-7-14(16(17)20)15(8-13)18-9-11-4-2-3-5-12(11)10-18/h2-8H,9-10H2,1H3,(H2,17,20). The van der Waals surface area contributed by atoms with Crippen LogP contribution in [0.15, 0.2) is 42.5 Å². The fraction of sp³-hybridized carbons (Fsp3) is 0.188. The van der Waals surface area contributed by atoms with Gasteiger partial charge in [0.25, 0.3) is 0 Å². The number of benzene rings is 2. The Balaban J connectivity index is 2.00. The molecule has 0 unspecified atom stereocenters. The number of hydrogen-bond donors (Lipinski definition) is 1. The average molecular weight is 284 g/mol. The zero-order valence-electron chi connectivity index (χ0n) is 11.3. The highest BCUT2D eigenvalue weighted by molar-refractivity contribution is 7.80. The van der Waals surface area contributed by atoms with Crippen LogP contribution < -0.4 is 15.4 Å². The predicted octanol–water partition coefficient (Wildman–Crippen LogP) is 2.85. The van der Waals surface area contributed by atoms with E-state index in [2.05, 4.69) is 29.2 Å². The van der Waals surface area contributed by atoms with E-state index in [1.807, 2.05) is 18.2 Å². The molecule has 0 saturated heterocycles. The van der Waals surface area contributed by atoms with Gasteiger partial charge in [0, 0.05) is 24.7 Å². The molecule has 0 radical (unpaired) electrons. The van der Waals surface area contributed by atoms with E-state index in [1.165, 1.54) is 11.1 Å². The summed E-state index contributed by atoms with van der Waals surface area (Å²) in [4.78, 5) is 2.69. The van der Waals surface area contributed by atoms with Gasteiger partial charge in [-0.15, -0.1) is 0 Å². The molecular formula is C16H16N2OS. The number of anilines is 1. The van der Waals surface area contributed by atoms with Crippen LogP contribution in [-0.2, 0) is 13.1 Å². The van der Waals surface area contributed by atoms with Crippen molar-refractivity contribution < 1.29 is 4.74 Å². The molecule has 1 aliphatic heterocycles. The van der Waals surface area contributed by atoms with E-state index in [-0.39, 0.29) is 0 Å². The minimum Gasteiger partial charge on any atom is -0.497 e. The molecule has 0 fully saturated rings. The molecule has 1 heterocycles. The number of nitrogens with two attached hydrogens (primary N) is 1. The molecule has 0 aromatic heterocycles. The third-order valence-electron chi connectivity index (χ3n) is 3.65. The quantitative estimate of drug-likeness (QED) is 0.880. The van der Waals surface area contributed by atoms with E-state index >= 15 is 0 Å². The van der Waals surface area contributed by atoms with Crippen molar-refractivity contribution in [2.24, 2.45) is 5.73 Å². The van der Waals surface area contributed by atoms with Crippen molar-refractivity contribution in [2.45, 2.75) is 13.1 Å². The maximum atomic E-state index is 5.84. The van der Waals surface area contributed by atoms with E-state index < -0.39 is 0 Å². The molecule has 2 aromatic rings. The molecule has 2 N–H and O–H groups in total. The first-order chi connectivity index (χ1) is 9.69. The van der Waals surface area contributed by atoms with Crippen molar-refractivity contribution >= 4 is 22.9 Å². The molecule has 0 spiro atoms. The first-order valence-corrected chi connectivity index (χ1v) is 6.89. The first kappa shape index (κ1) is 12.9. The van der Waals surface area contributed by atoms with Gasteiger partial charge in [0.2, 0.25) is 0 Å². The molecule has 102 valence electrons. The van der Waals surface area contributed by atoms with Crippen LogP contribution in [0.5, 0.6) is 5.75 Å². The van der Waals surface area contributed by atoms with Crippen molar-refractivity contribution in [3.8, 4) is 5.75 Å². The Morgan fingerprint density at radius 1 is 1.15 bits per heavy atom. The third kappa shape index (κ3) is 2.23. The van der Waals surface area contributed by atoms with Crippen molar-refractivity contribution in [3.63, 3.8) is 0 Å². The number of ether oxygens (including phenoxy) is 1. The van der Waals surface area contributed by atoms with Crippen molar-refractivity contribution in [1.82, 2.24) is 0 Å². The van der Waals surface area contributed by atoms with E-state index in [1.54, 1.807) is 7.11 Å². The monoisotopic (exact) mass is 284 g/mol. The molecule has 0 amide bonds. The molecule has 0 aliphatic carbocycles. The van der Waals surface area contributed by atoms with E-state index in [0.717, 1.165) is 30.1 Å². The molecule has 0 atom stereocenters. The van der Waals surface area contributed by atoms with Gasteiger partial charge in [-0.1, -0.05) is 36.5 Å². The molecule has 3 nitrogen and oxygen atoms in total. The average Bonchev–Trinajstić information content (AvgIpc) is 2.90. The van der Waals surface area contributed by atoms with Gasteiger partial charge in [0.1, 0.15) is 10.7 Å². The summed E-state index contributed by atoms with van der Waals surface area (Å²) in [6.45, 7) is 1.75. The summed E-state index contributed by atoms with van der Waals surface area (Å²) in [5.74, 6) is 0.816. The molecule has 0 bridgehead atoms. The smallest absolute Gasteiger partial charge is 0.120 e. The minimum absolute atomic E-state index is 0.415. The first-order valence-electron chi connectivity index (χ1n) is 6.48. The van der Waals surface area contributed by atoms with Crippen LogP contribution in [0.25, 0.3) is 0 Å². The summed E-state index contributed by atoms with van der Waals surface area (Å²) in [5, 5.41) is 0. The largest absolute Gasteiger partial charge is 0.497 e. The zero-order valence-corrected chi connectivity index (χ0v) is 12.1. The van der Waals surface area contributed by atoms with Gasteiger partial charge in [0.15, 0.2) is 0 Å². The maximum Gasteiger partial charge on any atom is 0.120 e. The number of fused-ring (bicyclic) bond motifs is 1. The second-order valence-corrected chi connectivity index (χ2v) is 5.31. The number of nitrogens with zero attached hydrogens (tertiary/aromatic N) is 1. The number of rotatable bonds is 3. The summed E-state index contributed by atoms with van der Waals surface area (Å²) in [5.41, 5.74) is 10.5. The Kier molecular flexibility index (Phi) is 3.32. The van der Waals surface area contributed by atoms with Crippen LogP contribution in [0.4, 0.5) is 5.69 Å². The molecule has 1 aliphatic rings. The van der Waals surface area contributed by atoms with Crippen LogP contribution in [-0.4, -0.2) is 12.1 Å². The van der Waals surface area contributed by atoms with E-state index in [0.29, 0.717) is 4.99 Å². The van der Waals surface area contributed by atoms with Crippen molar-refractivity contribution in [2.75, 3.05) is 12.0 Å². The van der Waals surface area contributed by atoms with Gasteiger partial charge in [-0.05, 0) is 23.3 Å². The molecule has 0 saturated carbocycles. The lowest BCUT2D eigenvalue weighted by atomic mass is 10.1. The summed E-state index contributed by atoms with van der Waals surface area (Å²) >= 11 is 5.16. The highest BCUT2D eigenvalue weighted by atomic mass is 32.1. The van der Waals surface area contributed by atoms with Gasteiger partial charge < -0.3 is 15.4 Å². The van der Waals surface area contributed by atoms with Crippen LogP contribution >= 0.6 is 12.2 Å². The van der Waals surface area contributed by atoms with E-state index in [4.69, 9.17) is 22.7 Å². The van der Waals surface area contributed by atoms with Gasteiger partial charge >= 0.3 is 0 Å². The Labute approximate surface area is 124 Å². The van der Waals surface area contributed by atoms with Crippen LogP contribution in [0, 0.1) is 0 Å². The van der Waals surface area contributed by atoms with Crippen LogP contribution in [0.2, 0.25) is 0 Å². The number of methoxy groups -OCH3 is 1. The molecular weight excluding hydrogens is 268 g/mol.